The Balaban J connectivity index is 2.73. The van der Waals surface area contributed by atoms with Crippen molar-refractivity contribution in [1.29, 1.82) is 5.26 Å². The van der Waals surface area contributed by atoms with Crippen molar-refractivity contribution in [2.24, 2.45) is 0 Å². The summed E-state index contributed by atoms with van der Waals surface area (Å²) in [6, 6.07) is 6.54. The van der Waals surface area contributed by atoms with E-state index in [9.17, 15) is 19.4 Å². The van der Waals surface area contributed by atoms with Gasteiger partial charge in [0.05, 0.1) is 6.61 Å². The molecule has 6 nitrogen and oxygen atoms in total. The van der Waals surface area contributed by atoms with E-state index >= 15 is 0 Å². The summed E-state index contributed by atoms with van der Waals surface area (Å²) in [6.45, 7) is 1.63. The molecule has 0 aliphatic heterocycles. The van der Waals surface area contributed by atoms with Gasteiger partial charge in [0.25, 0.3) is 0 Å². The highest BCUT2D eigenvalue weighted by atomic mass is 19.1. The van der Waals surface area contributed by atoms with Crippen LogP contribution in [0, 0.1) is 17.1 Å². The van der Waals surface area contributed by atoms with Gasteiger partial charge in [-0.15, -0.1) is 0 Å². The fourth-order valence-electron chi connectivity index (χ4n) is 1.89. The molecule has 0 saturated carbocycles. The van der Waals surface area contributed by atoms with Gasteiger partial charge < -0.3 is 14.9 Å². The van der Waals surface area contributed by atoms with E-state index in [1.54, 1.807) is 13.0 Å². The molecular formula is C14H11FN2O4. The van der Waals surface area contributed by atoms with Crippen molar-refractivity contribution in [3.63, 3.8) is 0 Å². The smallest absolute Gasteiger partial charge is 0.359 e. The standard InChI is InChI=1S/C14H11FN2O4/c1-2-21-14(20)11-13(19)12(18)10(7-16)17(11)9-5-3-8(15)4-6-9/h3-6,18-19H,2H2,1H3. The number of aromatic nitrogens is 1. The van der Waals surface area contributed by atoms with Crippen molar-refractivity contribution in [2.45, 2.75) is 6.92 Å². The first-order valence-corrected chi connectivity index (χ1v) is 6.01. The third-order valence-corrected chi connectivity index (χ3v) is 2.78. The van der Waals surface area contributed by atoms with E-state index in [2.05, 4.69) is 0 Å². The largest absolute Gasteiger partial charge is 0.503 e. The highest BCUT2D eigenvalue weighted by Crippen LogP contribution is 2.38. The lowest BCUT2D eigenvalue weighted by molar-refractivity contribution is 0.0513. The number of rotatable bonds is 3. The molecule has 0 atom stereocenters. The maximum Gasteiger partial charge on any atom is 0.359 e. The zero-order valence-corrected chi connectivity index (χ0v) is 11.0. The van der Waals surface area contributed by atoms with E-state index in [1.165, 1.54) is 12.1 Å². The van der Waals surface area contributed by atoms with Crippen molar-refractivity contribution >= 4 is 5.97 Å². The van der Waals surface area contributed by atoms with Gasteiger partial charge in [0.1, 0.15) is 11.9 Å². The average molecular weight is 290 g/mol. The molecule has 21 heavy (non-hydrogen) atoms. The van der Waals surface area contributed by atoms with Gasteiger partial charge in [0.2, 0.25) is 0 Å². The van der Waals surface area contributed by atoms with Crippen molar-refractivity contribution in [2.75, 3.05) is 6.61 Å². The number of ether oxygens (including phenoxy) is 1. The number of aromatic hydroxyl groups is 2. The number of hydrogen-bond acceptors (Lipinski definition) is 5. The highest BCUT2D eigenvalue weighted by molar-refractivity contribution is 5.93. The zero-order chi connectivity index (χ0) is 15.6. The Hall–Kier alpha value is -3.01. The molecule has 0 fully saturated rings. The van der Waals surface area contributed by atoms with Crippen LogP contribution >= 0.6 is 0 Å². The summed E-state index contributed by atoms with van der Waals surface area (Å²) in [6.07, 6.45) is 0. The Morgan fingerprint density at radius 3 is 2.48 bits per heavy atom. The number of nitriles is 1. The van der Waals surface area contributed by atoms with Gasteiger partial charge in [-0.3, -0.25) is 4.57 Å². The van der Waals surface area contributed by atoms with Crippen molar-refractivity contribution < 1.29 is 24.1 Å². The second-order valence-corrected chi connectivity index (χ2v) is 4.04. The maximum absolute atomic E-state index is 13.0. The molecule has 0 bridgehead atoms. The van der Waals surface area contributed by atoms with Crippen molar-refractivity contribution in [1.82, 2.24) is 4.57 Å². The van der Waals surface area contributed by atoms with Crippen LogP contribution in [-0.4, -0.2) is 27.4 Å². The summed E-state index contributed by atoms with van der Waals surface area (Å²) in [5.74, 6) is -2.90. The van der Waals surface area contributed by atoms with E-state index in [0.29, 0.717) is 0 Å². The molecule has 2 N–H and O–H groups in total. The van der Waals surface area contributed by atoms with Gasteiger partial charge in [-0.1, -0.05) is 0 Å². The fourth-order valence-corrected chi connectivity index (χ4v) is 1.89. The third-order valence-electron chi connectivity index (χ3n) is 2.78. The van der Waals surface area contributed by atoms with E-state index in [1.807, 2.05) is 0 Å². The van der Waals surface area contributed by atoms with Crippen LogP contribution in [0.3, 0.4) is 0 Å². The number of halogens is 1. The third kappa shape index (κ3) is 2.39. The Labute approximate surface area is 119 Å². The lowest BCUT2D eigenvalue weighted by atomic mass is 10.3. The van der Waals surface area contributed by atoms with Gasteiger partial charge in [0.15, 0.2) is 22.9 Å². The molecule has 2 rings (SSSR count). The van der Waals surface area contributed by atoms with E-state index in [-0.39, 0.29) is 18.0 Å². The van der Waals surface area contributed by atoms with Crippen LogP contribution < -0.4 is 0 Å². The number of benzene rings is 1. The Morgan fingerprint density at radius 1 is 1.33 bits per heavy atom. The maximum atomic E-state index is 13.0. The summed E-state index contributed by atoms with van der Waals surface area (Å²) in [5, 5.41) is 28.7. The number of carbonyl (C=O) groups excluding carboxylic acids is 1. The molecule has 0 saturated heterocycles. The van der Waals surface area contributed by atoms with Gasteiger partial charge in [0, 0.05) is 5.69 Å². The van der Waals surface area contributed by atoms with Gasteiger partial charge >= 0.3 is 5.97 Å². The number of hydrogen-bond donors (Lipinski definition) is 2. The normalized spacial score (nSPS) is 10.1. The first kappa shape index (κ1) is 14.4. The fraction of sp³-hybridized carbons (Fsp3) is 0.143. The molecule has 0 radical (unpaired) electrons. The first-order valence-electron chi connectivity index (χ1n) is 6.01. The minimum atomic E-state index is -0.906. The van der Waals surface area contributed by atoms with Crippen LogP contribution in [0.25, 0.3) is 5.69 Å². The minimum absolute atomic E-state index is 0.0511. The van der Waals surface area contributed by atoms with Crippen LogP contribution in [0.1, 0.15) is 23.1 Å². The average Bonchev–Trinajstić information content (AvgIpc) is 2.72. The summed E-state index contributed by atoms with van der Waals surface area (Å²) >= 11 is 0. The van der Waals surface area contributed by atoms with Crippen LogP contribution in [0.15, 0.2) is 24.3 Å². The molecule has 1 heterocycles. The van der Waals surface area contributed by atoms with Gasteiger partial charge in [-0.2, -0.15) is 5.26 Å². The Morgan fingerprint density at radius 2 is 1.95 bits per heavy atom. The Bertz CT molecular complexity index is 729. The number of carbonyl (C=O) groups is 1. The van der Waals surface area contributed by atoms with E-state index < -0.39 is 29.0 Å². The van der Waals surface area contributed by atoms with Gasteiger partial charge in [-0.25, -0.2) is 9.18 Å². The molecule has 0 aliphatic carbocycles. The monoisotopic (exact) mass is 290 g/mol. The Kier molecular flexibility index (Phi) is 3.80. The lowest BCUT2D eigenvalue weighted by Crippen LogP contribution is -2.12. The molecule has 1 aromatic heterocycles. The zero-order valence-electron chi connectivity index (χ0n) is 11.0. The summed E-state index contributed by atoms with van der Waals surface area (Å²) < 4.78 is 18.8. The highest BCUT2D eigenvalue weighted by Gasteiger charge is 2.29. The van der Waals surface area contributed by atoms with Crippen molar-refractivity contribution in [3.05, 3.63) is 41.5 Å². The molecule has 1 aromatic carbocycles. The SMILES string of the molecule is CCOC(=O)c1c(O)c(O)c(C#N)n1-c1ccc(F)cc1. The molecule has 0 aliphatic rings. The molecule has 0 spiro atoms. The number of nitrogens with zero attached hydrogens (tertiary/aromatic N) is 2. The summed E-state index contributed by atoms with van der Waals surface area (Å²) in [4.78, 5) is 11.9. The second-order valence-electron chi connectivity index (χ2n) is 4.04. The predicted octanol–water partition coefficient (Wildman–Crippen LogP) is 2.08. The van der Waals surface area contributed by atoms with E-state index in [4.69, 9.17) is 10.00 Å². The van der Waals surface area contributed by atoms with E-state index in [0.717, 1.165) is 16.7 Å². The molecule has 2 aromatic rings. The van der Waals surface area contributed by atoms with Crippen molar-refractivity contribution in [3.8, 4) is 23.3 Å². The first-order chi connectivity index (χ1) is 10.0. The number of esters is 1. The molecular weight excluding hydrogens is 279 g/mol. The summed E-state index contributed by atoms with van der Waals surface area (Å²) in [5.41, 5.74) is -0.508. The minimum Gasteiger partial charge on any atom is -0.503 e. The van der Waals surface area contributed by atoms with Crippen LogP contribution in [-0.2, 0) is 4.74 Å². The molecule has 0 unspecified atom stereocenters. The summed E-state index contributed by atoms with van der Waals surface area (Å²) in [7, 11) is 0. The topological polar surface area (TPSA) is 95.5 Å². The molecule has 0 amide bonds. The van der Waals surface area contributed by atoms with Crippen LogP contribution in [0.2, 0.25) is 0 Å². The quantitative estimate of drug-likeness (QED) is 0.844. The molecule has 108 valence electrons. The lowest BCUT2D eigenvalue weighted by Gasteiger charge is -2.09. The molecule has 7 heteroatoms. The van der Waals surface area contributed by atoms with Crippen LogP contribution in [0.4, 0.5) is 4.39 Å². The van der Waals surface area contributed by atoms with Gasteiger partial charge in [-0.05, 0) is 31.2 Å². The second kappa shape index (κ2) is 5.54. The van der Waals surface area contributed by atoms with Crippen LogP contribution in [0.5, 0.6) is 11.5 Å². The predicted molar refractivity (Wildman–Crippen MR) is 69.7 cm³/mol.